The third-order valence-electron chi connectivity index (χ3n) is 4.33. The van der Waals surface area contributed by atoms with Gasteiger partial charge in [-0.2, -0.15) is 0 Å². The molecule has 2 atom stereocenters. The average Bonchev–Trinajstić information content (AvgIpc) is 2.48. The molecule has 0 radical (unpaired) electrons. The highest BCUT2D eigenvalue weighted by Gasteiger charge is 2.36. The molecule has 116 valence electrons. The van der Waals surface area contributed by atoms with Gasteiger partial charge in [0.25, 0.3) is 5.91 Å². The van der Waals surface area contributed by atoms with Gasteiger partial charge in [0.05, 0.1) is 18.8 Å². The molecule has 4 nitrogen and oxygen atoms in total. The smallest absolute Gasteiger partial charge is 0.252 e. The highest BCUT2D eigenvalue weighted by molar-refractivity contribution is 5.96. The lowest BCUT2D eigenvalue weighted by molar-refractivity contribution is 0.0693. The molecule has 2 unspecified atom stereocenters. The Balaban J connectivity index is 2.16. The zero-order valence-electron chi connectivity index (χ0n) is 12.9. The summed E-state index contributed by atoms with van der Waals surface area (Å²) in [6, 6.07) is 7.45. The molecular weight excluding hydrogens is 266 g/mol. The lowest BCUT2D eigenvalue weighted by Gasteiger charge is -2.39. The van der Waals surface area contributed by atoms with Crippen LogP contribution in [-0.4, -0.2) is 30.3 Å². The van der Waals surface area contributed by atoms with Crippen molar-refractivity contribution in [2.24, 2.45) is 5.92 Å². The SMILES string of the molecule is COCc1ccccc1C(=O)NC1(CO)CCCC(C)C1. The summed E-state index contributed by atoms with van der Waals surface area (Å²) in [4.78, 5) is 12.6. The summed E-state index contributed by atoms with van der Waals surface area (Å²) in [5.74, 6) is 0.409. The van der Waals surface area contributed by atoms with Crippen molar-refractivity contribution in [2.75, 3.05) is 13.7 Å². The molecule has 1 aromatic carbocycles. The predicted molar refractivity (Wildman–Crippen MR) is 82.1 cm³/mol. The summed E-state index contributed by atoms with van der Waals surface area (Å²) in [6.07, 6.45) is 3.88. The van der Waals surface area contributed by atoms with Gasteiger partial charge in [0.2, 0.25) is 0 Å². The van der Waals surface area contributed by atoms with Crippen LogP contribution >= 0.6 is 0 Å². The molecule has 0 saturated heterocycles. The van der Waals surface area contributed by atoms with E-state index in [2.05, 4.69) is 12.2 Å². The fraction of sp³-hybridized carbons (Fsp3) is 0.588. The second kappa shape index (κ2) is 7.05. The summed E-state index contributed by atoms with van der Waals surface area (Å²) in [6.45, 7) is 2.58. The van der Waals surface area contributed by atoms with Crippen LogP contribution in [0, 0.1) is 5.92 Å². The monoisotopic (exact) mass is 291 g/mol. The van der Waals surface area contributed by atoms with Gasteiger partial charge in [0.1, 0.15) is 0 Å². The Morgan fingerprint density at radius 2 is 2.24 bits per heavy atom. The first-order valence-electron chi connectivity index (χ1n) is 7.60. The van der Waals surface area contributed by atoms with Crippen molar-refractivity contribution >= 4 is 5.91 Å². The minimum Gasteiger partial charge on any atom is -0.394 e. The third-order valence-corrected chi connectivity index (χ3v) is 4.33. The average molecular weight is 291 g/mol. The Kier molecular flexibility index (Phi) is 5.37. The first-order valence-corrected chi connectivity index (χ1v) is 7.60. The van der Waals surface area contributed by atoms with Crippen LogP contribution in [0.2, 0.25) is 0 Å². The molecule has 1 aromatic rings. The second-order valence-electron chi connectivity index (χ2n) is 6.18. The first kappa shape index (κ1) is 16.0. The Labute approximate surface area is 126 Å². The Morgan fingerprint density at radius 1 is 1.48 bits per heavy atom. The van der Waals surface area contributed by atoms with Crippen molar-refractivity contribution in [2.45, 2.75) is 44.8 Å². The fourth-order valence-corrected chi connectivity index (χ4v) is 3.29. The maximum Gasteiger partial charge on any atom is 0.252 e. The number of methoxy groups -OCH3 is 1. The van der Waals surface area contributed by atoms with E-state index in [1.54, 1.807) is 13.2 Å². The van der Waals surface area contributed by atoms with Crippen LogP contribution in [-0.2, 0) is 11.3 Å². The topological polar surface area (TPSA) is 58.6 Å². The number of aliphatic hydroxyl groups excluding tert-OH is 1. The number of aliphatic hydroxyl groups is 1. The van der Waals surface area contributed by atoms with Crippen LogP contribution in [0.5, 0.6) is 0 Å². The van der Waals surface area contributed by atoms with Gasteiger partial charge < -0.3 is 15.2 Å². The van der Waals surface area contributed by atoms with Gasteiger partial charge in [-0.15, -0.1) is 0 Å². The minimum absolute atomic E-state index is 0.00444. The van der Waals surface area contributed by atoms with Crippen molar-refractivity contribution in [1.82, 2.24) is 5.32 Å². The number of carbonyl (C=O) groups excluding carboxylic acids is 1. The fourth-order valence-electron chi connectivity index (χ4n) is 3.29. The summed E-state index contributed by atoms with van der Waals surface area (Å²) in [5, 5.41) is 12.9. The molecule has 2 rings (SSSR count). The maximum atomic E-state index is 12.6. The van der Waals surface area contributed by atoms with Crippen molar-refractivity contribution in [1.29, 1.82) is 0 Å². The van der Waals surface area contributed by atoms with Crippen LogP contribution in [0.4, 0.5) is 0 Å². The van der Waals surface area contributed by atoms with Gasteiger partial charge in [0.15, 0.2) is 0 Å². The van der Waals surface area contributed by atoms with E-state index in [0.29, 0.717) is 18.1 Å². The highest BCUT2D eigenvalue weighted by atomic mass is 16.5. The standard InChI is InChI=1S/C17H25NO3/c1-13-6-5-9-17(10-13,12-19)18-16(20)15-8-4-3-7-14(15)11-21-2/h3-4,7-8,13,19H,5-6,9-12H2,1-2H3,(H,18,20). The van der Waals surface area contributed by atoms with Crippen molar-refractivity contribution in [3.8, 4) is 0 Å². The van der Waals surface area contributed by atoms with E-state index in [1.807, 2.05) is 18.2 Å². The van der Waals surface area contributed by atoms with Crippen LogP contribution < -0.4 is 5.32 Å². The molecule has 0 aromatic heterocycles. The van der Waals surface area contributed by atoms with E-state index in [9.17, 15) is 9.90 Å². The number of hydrogen-bond acceptors (Lipinski definition) is 3. The summed E-state index contributed by atoms with van der Waals surface area (Å²) in [5.41, 5.74) is 1.02. The molecule has 1 aliphatic carbocycles. The van der Waals surface area contributed by atoms with Crippen molar-refractivity contribution < 1.29 is 14.6 Å². The summed E-state index contributed by atoms with van der Waals surface area (Å²) < 4.78 is 5.15. The quantitative estimate of drug-likeness (QED) is 0.876. The third kappa shape index (κ3) is 3.83. The van der Waals surface area contributed by atoms with E-state index in [0.717, 1.165) is 31.2 Å². The lowest BCUT2D eigenvalue weighted by atomic mass is 9.76. The van der Waals surface area contributed by atoms with Crippen LogP contribution in [0.3, 0.4) is 0 Å². The zero-order valence-corrected chi connectivity index (χ0v) is 12.9. The molecule has 2 N–H and O–H groups in total. The number of benzene rings is 1. The van der Waals surface area contributed by atoms with Crippen LogP contribution in [0.25, 0.3) is 0 Å². The van der Waals surface area contributed by atoms with Crippen LogP contribution in [0.1, 0.15) is 48.5 Å². The highest BCUT2D eigenvalue weighted by Crippen LogP contribution is 2.32. The van der Waals surface area contributed by atoms with E-state index in [-0.39, 0.29) is 12.5 Å². The van der Waals surface area contributed by atoms with E-state index in [1.165, 1.54) is 0 Å². The Hall–Kier alpha value is -1.39. The summed E-state index contributed by atoms with van der Waals surface area (Å²) >= 11 is 0. The lowest BCUT2D eigenvalue weighted by Crippen LogP contribution is -2.54. The van der Waals surface area contributed by atoms with Gasteiger partial charge in [0, 0.05) is 12.7 Å². The molecule has 21 heavy (non-hydrogen) atoms. The molecular formula is C17H25NO3. The molecule has 0 aliphatic heterocycles. The molecule has 0 bridgehead atoms. The normalized spacial score (nSPS) is 25.6. The molecule has 4 heteroatoms. The van der Waals surface area contributed by atoms with Gasteiger partial charge in [-0.1, -0.05) is 38.0 Å². The molecule has 1 aliphatic rings. The van der Waals surface area contributed by atoms with E-state index < -0.39 is 5.54 Å². The molecule has 1 amide bonds. The van der Waals surface area contributed by atoms with Crippen molar-refractivity contribution in [3.05, 3.63) is 35.4 Å². The van der Waals surface area contributed by atoms with Gasteiger partial charge in [-0.05, 0) is 30.4 Å². The van der Waals surface area contributed by atoms with Crippen molar-refractivity contribution in [3.63, 3.8) is 0 Å². The second-order valence-corrected chi connectivity index (χ2v) is 6.18. The van der Waals surface area contributed by atoms with E-state index in [4.69, 9.17) is 4.74 Å². The number of rotatable bonds is 5. The number of ether oxygens (including phenoxy) is 1. The number of nitrogens with one attached hydrogen (secondary N) is 1. The predicted octanol–water partition coefficient (Wildman–Crippen LogP) is 2.50. The van der Waals surface area contributed by atoms with E-state index >= 15 is 0 Å². The summed E-state index contributed by atoms with van der Waals surface area (Å²) in [7, 11) is 1.62. The van der Waals surface area contributed by atoms with Gasteiger partial charge in [-0.3, -0.25) is 4.79 Å². The number of carbonyl (C=O) groups is 1. The zero-order chi connectivity index (χ0) is 15.3. The number of hydrogen-bond donors (Lipinski definition) is 2. The largest absolute Gasteiger partial charge is 0.394 e. The molecule has 0 heterocycles. The van der Waals surface area contributed by atoms with Crippen LogP contribution in [0.15, 0.2) is 24.3 Å². The molecule has 1 saturated carbocycles. The maximum absolute atomic E-state index is 12.6. The first-order chi connectivity index (χ1) is 10.1. The molecule has 0 spiro atoms. The Morgan fingerprint density at radius 3 is 2.90 bits per heavy atom. The molecule has 1 fully saturated rings. The van der Waals surface area contributed by atoms with Gasteiger partial charge >= 0.3 is 0 Å². The minimum atomic E-state index is -0.477. The number of amides is 1. The van der Waals surface area contributed by atoms with Gasteiger partial charge in [-0.25, -0.2) is 0 Å². The Bertz CT molecular complexity index is 489.